The van der Waals surface area contributed by atoms with Crippen LogP contribution in [0.25, 0.3) is 0 Å². The van der Waals surface area contributed by atoms with Crippen LogP contribution >= 0.6 is 0 Å². The van der Waals surface area contributed by atoms with Gasteiger partial charge in [0.2, 0.25) is 5.91 Å². The van der Waals surface area contributed by atoms with E-state index in [1.807, 2.05) is 6.92 Å². The summed E-state index contributed by atoms with van der Waals surface area (Å²) < 4.78 is 0. The molecule has 0 saturated carbocycles. The molecule has 102 valence electrons. The molecule has 0 radical (unpaired) electrons. The zero-order chi connectivity index (χ0) is 13.1. The monoisotopic (exact) mass is 253 g/mol. The molecule has 3 amide bonds. The molecule has 18 heavy (non-hydrogen) atoms. The first-order chi connectivity index (χ1) is 8.56. The van der Waals surface area contributed by atoms with E-state index in [2.05, 4.69) is 17.3 Å². The Morgan fingerprint density at radius 3 is 2.61 bits per heavy atom. The molecule has 2 aliphatic rings. The third-order valence-corrected chi connectivity index (χ3v) is 4.10. The van der Waals surface area contributed by atoms with Gasteiger partial charge in [0.05, 0.1) is 5.92 Å². The lowest BCUT2D eigenvalue weighted by Gasteiger charge is -2.33. The Kier molecular flexibility index (Phi) is 4.22. The number of nitrogens with zero attached hydrogens (tertiary/aromatic N) is 2. The van der Waals surface area contributed by atoms with E-state index in [1.54, 1.807) is 4.90 Å². The summed E-state index contributed by atoms with van der Waals surface area (Å²) in [6.07, 6.45) is 3.50. The number of imide groups is 1. The first-order valence-electron chi connectivity index (χ1n) is 6.84. The van der Waals surface area contributed by atoms with Gasteiger partial charge in [0.25, 0.3) is 0 Å². The van der Waals surface area contributed by atoms with Crippen molar-refractivity contribution in [2.24, 2.45) is 11.8 Å². The number of carbonyl (C=O) groups is 2. The molecule has 1 unspecified atom stereocenters. The van der Waals surface area contributed by atoms with Crippen LogP contribution in [0.3, 0.4) is 0 Å². The van der Waals surface area contributed by atoms with E-state index in [0.29, 0.717) is 6.54 Å². The largest absolute Gasteiger partial charge is 0.324 e. The number of rotatable bonds is 3. The second-order valence-electron chi connectivity index (χ2n) is 5.68. The fraction of sp³-hybridized carbons (Fsp3) is 0.846. The van der Waals surface area contributed by atoms with Gasteiger partial charge in [-0.2, -0.15) is 0 Å². The van der Waals surface area contributed by atoms with Crippen molar-refractivity contribution in [1.82, 2.24) is 15.1 Å². The molecule has 2 fully saturated rings. The lowest BCUT2D eigenvalue weighted by atomic mass is 9.93. The van der Waals surface area contributed by atoms with Gasteiger partial charge in [0.15, 0.2) is 0 Å². The molecule has 2 heterocycles. The molecule has 0 bridgehead atoms. The first kappa shape index (κ1) is 13.3. The number of hydrogen-bond acceptors (Lipinski definition) is 3. The van der Waals surface area contributed by atoms with Crippen molar-refractivity contribution in [3.8, 4) is 0 Å². The van der Waals surface area contributed by atoms with Crippen molar-refractivity contribution in [2.45, 2.75) is 26.2 Å². The standard InChI is InChI=1S/C13H23N3O2/c1-10-9-16(13(18)14-12(10)17)8-5-11-3-6-15(2)7-4-11/h10-11H,3-9H2,1-2H3,(H,14,17,18). The van der Waals surface area contributed by atoms with E-state index in [-0.39, 0.29) is 17.9 Å². The topological polar surface area (TPSA) is 52.6 Å². The van der Waals surface area contributed by atoms with Crippen molar-refractivity contribution in [3.05, 3.63) is 0 Å². The van der Waals surface area contributed by atoms with Crippen LogP contribution in [0.2, 0.25) is 0 Å². The summed E-state index contributed by atoms with van der Waals surface area (Å²) in [5.74, 6) is 0.498. The van der Waals surface area contributed by atoms with Crippen LogP contribution in [0.15, 0.2) is 0 Å². The first-order valence-corrected chi connectivity index (χ1v) is 6.84. The zero-order valence-corrected chi connectivity index (χ0v) is 11.3. The number of amides is 3. The van der Waals surface area contributed by atoms with Crippen LogP contribution in [0.4, 0.5) is 4.79 Å². The molecule has 0 aliphatic carbocycles. The molecule has 0 aromatic heterocycles. The molecular weight excluding hydrogens is 230 g/mol. The van der Waals surface area contributed by atoms with Crippen molar-refractivity contribution in [2.75, 3.05) is 33.2 Å². The minimum absolute atomic E-state index is 0.0832. The Labute approximate surface area is 108 Å². The minimum atomic E-state index is -0.217. The van der Waals surface area contributed by atoms with Gasteiger partial charge in [0, 0.05) is 13.1 Å². The van der Waals surface area contributed by atoms with Gasteiger partial charge in [-0.05, 0) is 45.3 Å². The summed E-state index contributed by atoms with van der Waals surface area (Å²) >= 11 is 0. The Morgan fingerprint density at radius 2 is 1.94 bits per heavy atom. The third-order valence-electron chi connectivity index (χ3n) is 4.10. The second kappa shape index (κ2) is 5.69. The summed E-state index contributed by atoms with van der Waals surface area (Å²) in [4.78, 5) is 27.1. The van der Waals surface area contributed by atoms with Crippen molar-refractivity contribution < 1.29 is 9.59 Å². The number of nitrogens with one attached hydrogen (secondary N) is 1. The molecule has 2 aliphatic heterocycles. The maximum Gasteiger partial charge on any atom is 0.324 e. The second-order valence-corrected chi connectivity index (χ2v) is 5.68. The molecule has 2 rings (SSSR count). The van der Waals surface area contributed by atoms with Crippen molar-refractivity contribution in [1.29, 1.82) is 0 Å². The van der Waals surface area contributed by atoms with Crippen LogP contribution in [0, 0.1) is 11.8 Å². The summed E-state index contributed by atoms with van der Waals surface area (Å²) in [6.45, 7) is 5.52. The minimum Gasteiger partial charge on any atom is -0.324 e. The molecule has 2 saturated heterocycles. The summed E-state index contributed by atoms with van der Waals surface area (Å²) in [7, 11) is 2.15. The number of piperidine rings is 1. The van der Waals surface area contributed by atoms with E-state index >= 15 is 0 Å². The maximum atomic E-state index is 11.7. The smallest absolute Gasteiger partial charge is 0.324 e. The average molecular weight is 253 g/mol. The van der Waals surface area contributed by atoms with Gasteiger partial charge in [0.1, 0.15) is 0 Å². The molecule has 1 N–H and O–H groups in total. The summed E-state index contributed by atoms with van der Waals surface area (Å²) in [5.41, 5.74) is 0. The maximum absolute atomic E-state index is 11.7. The highest BCUT2D eigenvalue weighted by Crippen LogP contribution is 2.20. The van der Waals surface area contributed by atoms with Gasteiger partial charge in [-0.15, -0.1) is 0 Å². The van der Waals surface area contributed by atoms with E-state index in [9.17, 15) is 9.59 Å². The van der Waals surface area contributed by atoms with Crippen LogP contribution in [0.5, 0.6) is 0 Å². The van der Waals surface area contributed by atoms with E-state index < -0.39 is 0 Å². The number of hydrogen-bond donors (Lipinski definition) is 1. The lowest BCUT2D eigenvalue weighted by Crippen LogP contribution is -2.54. The molecule has 0 aromatic carbocycles. The molecular formula is C13H23N3O2. The summed E-state index contributed by atoms with van der Waals surface area (Å²) in [6, 6.07) is -0.217. The molecule has 5 nitrogen and oxygen atoms in total. The highest BCUT2D eigenvalue weighted by Gasteiger charge is 2.29. The van der Waals surface area contributed by atoms with E-state index in [0.717, 1.165) is 32.0 Å². The SMILES string of the molecule is CC1CN(CCC2CCN(C)CC2)C(=O)NC1=O. The van der Waals surface area contributed by atoms with Crippen LogP contribution < -0.4 is 5.32 Å². The highest BCUT2D eigenvalue weighted by atomic mass is 16.2. The molecule has 1 atom stereocenters. The fourth-order valence-electron chi connectivity index (χ4n) is 2.69. The van der Waals surface area contributed by atoms with Crippen molar-refractivity contribution in [3.63, 3.8) is 0 Å². The Hall–Kier alpha value is -1.10. The molecule has 5 heteroatoms. The predicted octanol–water partition coefficient (Wildman–Crippen LogP) is 0.906. The summed E-state index contributed by atoms with van der Waals surface area (Å²) in [5, 5.41) is 2.41. The number of urea groups is 1. The Bertz CT molecular complexity index is 324. The fourth-order valence-corrected chi connectivity index (χ4v) is 2.69. The van der Waals surface area contributed by atoms with Gasteiger partial charge in [-0.25, -0.2) is 4.79 Å². The molecule has 0 spiro atoms. The average Bonchev–Trinajstić information content (AvgIpc) is 2.34. The number of likely N-dealkylation sites (tertiary alicyclic amines) is 1. The highest BCUT2D eigenvalue weighted by molar-refractivity contribution is 5.97. The van der Waals surface area contributed by atoms with Crippen LogP contribution in [-0.2, 0) is 4.79 Å². The van der Waals surface area contributed by atoms with Crippen LogP contribution in [0.1, 0.15) is 26.2 Å². The Balaban J connectivity index is 1.76. The van der Waals surface area contributed by atoms with Crippen molar-refractivity contribution >= 4 is 11.9 Å². The predicted molar refractivity (Wildman–Crippen MR) is 69.1 cm³/mol. The van der Waals surface area contributed by atoms with Crippen LogP contribution in [-0.4, -0.2) is 55.0 Å². The number of carbonyl (C=O) groups excluding carboxylic acids is 2. The van der Waals surface area contributed by atoms with Gasteiger partial charge in [-0.1, -0.05) is 6.92 Å². The van der Waals surface area contributed by atoms with Gasteiger partial charge >= 0.3 is 6.03 Å². The van der Waals surface area contributed by atoms with E-state index in [4.69, 9.17) is 0 Å². The third kappa shape index (κ3) is 3.22. The van der Waals surface area contributed by atoms with Gasteiger partial charge in [-0.3, -0.25) is 10.1 Å². The quantitative estimate of drug-likeness (QED) is 0.813. The lowest BCUT2D eigenvalue weighted by molar-refractivity contribution is -0.125. The Morgan fingerprint density at radius 1 is 1.28 bits per heavy atom. The van der Waals surface area contributed by atoms with E-state index in [1.165, 1.54) is 12.8 Å². The molecule has 0 aromatic rings. The van der Waals surface area contributed by atoms with Gasteiger partial charge < -0.3 is 9.80 Å². The normalized spacial score (nSPS) is 27.4. The zero-order valence-electron chi connectivity index (χ0n) is 11.3.